The molecule has 2 atom stereocenters. The number of amides is 1. The highest BCUT2D eigenvalue weighted by atomic mass is 16.6. The van der Waals surface area contributed by atoms with Gasteiger partial charge in [0.2, 0.25) is 0 Å². The molecule has 0 unspecified atom stereocenters. The van der Waals surface area contributed by atoms with Crippen molar-refractivity contribution in [3.05, 3.63) is 23.5 Å². The number of nitrogens with zero attached hydrogens (tertiary/aromatic N) is 5. The van der Waals surface area contributed by atoms with Crippen LogP contribution in [0.2, 0.25) is 0 Å². The summed E-state index contributed by atoms with van der Waals surface area (Å²) < 4.78 is 35.4. The average molecular weight is 449 g/mol. The second-order valence-electron chi connectivity index (χ2n) is 7.94. The molecule has 0 radical (unpaired) electrons. The molecular weight excluding hydrogens is 414 g/mol. The number of aryl methyl sites for hydroxylation is 2. The quantitative estimate of drug-likeness (QED) is 0.654. The minimum Gasteiger partial charge on any atom is -0.489 e. The van der Waals surface area contributed by atoms with E-state index in [1.165, 1.54) is 4.68 Å². The number of aliphatic carboxylic acids is 1. The first-order valence-electron chi connectivity index (χ1n) is 12.2. The van der Waals surface area contributed by atoms with E-state index in [1.54, 1.807) is 33.0 Å². The number of hydrogen-bond donors (Lipinski definition) is 1. The zero-order valence-electron chi connectivity index (χ0n) is 21.6. The van der Waals surface area contributed by atoms with E-state index < -0.39 is 25.0 Å². The molecule has 1 aliphatic rings. The summed E-state index contributed by atoms with van der Waals surface area (Å²) in [7, 11) is 1.64. The van der Waals surface area contributed by atoms with Gasteiger partial charge in [0.05, 0.1) is 23.4 Å². The summed E-state index contributed by atoms with van der Waals surface area (Å²) in [6, 6.07) is 3.46. The highest BCUT2D eigenvalue weighted by molar-refractivity contribution is 5.70. The van der Waals surface area contributed by atoms with Gasteiger partial charge in [-0.2, -0.15) is 0 Å². The first kappa shape index (κ1) is 19.5. The molecule has 0 saturated heterocycles. The van der Waals surface area contributed by atoms with Crippen molar-refractivity contribution in [1.82, 2.24) is 24.9 Å². The molecule has 2 heterocycles. The van der Waals surface area contributed by atoms with E-state index in [0.717, 1.165) is 12.8 Å². The lowest BCUT2D eigenvalue weighted by Crippen LogP contribution is -2.29. The van der Waals surface area contributed by atoms with Gasteiger partial charge in [-0.1, -0.05) is 12.1 Å². The van der Waals surface area contributed by atoms with Crippen molar-refractivity contribution in [2.45, 2.75) is 58.7 Å². The van der Waals surface area contributed by atoms with Crippen LogP contribution in [0.5, 0.6) is 5.75 Å². The van der Waals surface area contributed by atoms with Gasteiger partial charge in [0.1, 0.15) is 23.7 Å². The second kappa shape index (κ2) is 10.4. The lowest BCUT2D eigenvalue weighted by atomic mass is 9.87. The standard InChI is InChI=1S/C22H31N5O5/c1-5-11-26(3)22(30)31-13-18-20(24-25-27(18)4)17-9-10-19(14(2)23-17)32-16-8-6-7-15(12-16)21(28)29/h9-10,15-16H,5-8,11-13H2,1-4H3,(H,28,29)/t15-,16-/m0/s1/i3D3. The number of ether oxygens (including phenoxy) is 2. The maximum absolute atomic E-state index is 12.4. The monoisotopic (exact) mass is 448 g/mol. The smallest absolute Gasteiger partial charge is 0.409 e. The minimum atomic E-state index is -2.60. The Labute approximate surface area is 191 Å². The number of hydrogen-bond acceptors (Lipinski definition) is 7. The summed E-state index contributed by atoms with van der Waals surface area (Å²) in [4.78, 5) is 29.0. The van der Waals surface area contributed by atoms with Crippen LogP contribution in [0.4, 0.5) is 4.79 Å². The Morgan fingerprint density at radius 2 is 2.19 bits per heavy atom. The van der Waals surface area contributed by atoms with Crippen LogP contribution in [-0.2, 0) is 23.2 Å². The predicted octanol–water partition coefficient (Wildman–Crippen LogP) is 3.19. The molecule has 2 aromatic heterocycles. The van der Waals surface area contributed by atoms with E-state index in [9.17, 15) is 14.7 Å². The third kappa shape index (κ3) is 5.54. The Bertz CT molecular complexity index is 1060. The maximum Gasteiger partial charge on any atom is 0.409 e. The van der Waals surface area contributed by atoms with Gasteiger partial charge in [0.15, 0.2) is 0 Å². The number of carbonyl (C=O) groups is 2. The zero-order valence-corrected chi connectivity index (χ0v) is 18.6. The summed E-state index contributed by atoms with van der Waals surface area (Å²) in [5.74, 6) is -0.629. The van der Waals surface area contributed by atoms with Gasteiger partial charge in [-0.15, -0.1) is 5.10 Å². The normalized spacial score (nSPS) is 20.0. The number of carboxylic acids is 1. The van der Waals surface area contributed by atoms with Crippen molar-refractivity contribution in [1.29, 1.82) is 0 Å². The molecule has 1 N–H and O–H groups in total. The van der Waals surface area contributed by atoms with Crippen LogP contribution in [0, 0.1) is 12.8 Å². The van der Waals surface area contributed by atoms with Crippen molar-refractivity contribution in [3.63, 3.8) is 0 Å². The highest BCUT2D eigenvalue weighted by Crippen LogP contribution is 2.30. The molecule has 0 spiro atoms. The van der Waals surface area contributed by atoms with Crippen LogP contribution in [0.3, 0.4) is 0 Å². The zero-order chi connectivity index (χ0) is 25.8. The van der Waals surface area contributed by atoms with Crippen LogP contribution in [0.1, 0.15) is 54.5 Å². The number of carbonyl (C=O) groups excluding carboxylic acids is 1. The van der Waals surface area contributed by atoms with Gasteiger partial charge < -0.3 is 19.5 Å². The van der Waals surface area contributed by atoms with E-state index in [-0.39, 0.29) is 19.3 Å². The topological polar surface area (TPSA) is 120 Å². The van der Waals surface area contributed by atoms with Crippen LogP contribution in [0.25, 0.3) is 11.4 Å². The van der Waals surface area contributed by atoms with Crippen LogP contribution in [0.15, 0.2) is 12.1 Å². The summed E-state index contributed by atoms with van der Waals surface area (Å²) in [5, 5.41) is 17.4. The molecule has 1 saturated carbocycles. The van der Waals surface area contributed by atoms with Crippen molar-refractivity contribution >= 4 is 12.1 Å². The molecule has 2 aromatic rings. The first-order valence-corrected chi connectivity index (χ1v) is 10.7. The van der Waals surface area contributed by atoms with E-state index in [0.29, 0.717) is 52.7 Å². The van der Waals surface area contributed by atoms with Crippen molar-refractivity contribution in [2.24, 2.45) is 13.0 Å². The van der Waals surface area contributed by atoms with Gasteiger partial charge in [-0.05, 0) is 51.2 Å². The van der Waals surface area contributed by atoms with E-state index in [2.05, 4.69) is 15.3 Å². The first-order chi connectivity index (χ1) is 16.5. The second-order valence-corrected chi connectivity index (χ2v) is 7.94. The summed E-state index contributed by atoms with van der Waals surface area (Å²) >= 11 is 0. The lowest BCUT2D eigenvalue weighted by Gasteiger charge is -2.27. The highest BCUT2D eigenvalue weighted by Gasteiger charge is 2.28. The Balaban J connectivity index is 1.73. The molecule has 0 bridgehead atoms. The summed E-state index contributed by atoms with van der Waals surface area (Å²) in [6.07, 6.45) is 2.05. The molecule has 1 fully saturated rings. The SMILES string of the molecule is [2H]C([2H])([2H])N(CCC)C(=O)OCc1c(-c2ccc(O[C@H]3CCC[C@H](C(=O)O)C3)c(C)n2)nnn1C. The Morgan fingerprint density at radius 3 is 2.88 bits per heavy atom. The van der Waals surface area contributed by atoms with Gasteiger partial charge in [0, 0.05) is 24.7 Å². The molecule has 1 aliphatic carbocycles. The van der Waals surface area contributed by atoms with Crippen LogP contribution >= 0.6 is 0 Å². The third-order valence-corrected chi connectivity index (χ3v) is 5.49. The molecule has 174 valence electrons. The van der Waals surface area contributed by atoms with Crippen molar-refractivity contribution < 1.29 is 28.3 Å². The van der Waals surface area contributed by atoms with Gasteiger partial charge in [0.25, 0.3) is 0 Å². The Kier molecular flexibility index (Phi) is 6.36. The fourth-order valence-corrected chi connectivity index (χ4v) is 3.72. The Hall–Kier alpha value is -3.17. The van der Waals surface area contributed by atoms with Crippen molar-refractivity contribution in [2.75, 3.05) is 13.5 Å². The van der Waals surface area contributed by atoms with Gasteiger partial charge in [-0.3, -0.25) is 4.79 Å². The molecule has 3 rings (SSSR count). The van der Waals surface area contributed by atoms with E-state index >= 15 is 0 Å². The van der Waals surface area contributed by atoms with Crippen molar-refractivity contribution in [3.8, 4) is 17.1 Å². The van der Waals surface area contributed by atoms with Gasteiger partial charge >= 0.3 is 12.1 Å². The maximum atomic E-state index is 12.4. The molecule has 10 nitrogen and oxygen atoms in total. The van der Waals surface area contributed by atoms with E-state index in [4.69, 9.17) is 13.6 Å². The fourth-order valence-electron chi connectivity index (χ4n) is 3.72. The number of pyridine rings is 1. The van der Waals surface area contributed by atoms with Crippen LogP contribution in [-0.4, -0.2) is 61.7 Å². The average Bonchev–Trinajstić information content (AvgIpc) is 3.16. The van der Waals surface area contributed by atoms with E-state index in [1.807, 2.05) is 0 Å². The molecule has 10 heteroatoms. The lowest BCUT2D eigenvalue weighted by molar-refractivity contribution is -0.143. The number of aromatic nitrogens is 4. The number of carboxylic acid groups (broad SMARTS) is 1. The molecule has 32 heavy (non-hydrogen) atoms. The summed E-state index contributed by atoms with van der Waals surface area (Å²) in [5.41, 5.74) is 1.94. The molecule has 0 aromatic carbocycles. The fraction of sp³-hybridized carbons (Fsp3) is 0.591. The molecule has 1 amide bonds. The number of rotatable bonds is 8. The van der Waals surface area contributed by atoms with Gasteiger partial charge in [-0.25, -0.2) is 14.5 Å². The molecular formula is C22H31N5O5. The largest absolute Gasteiger partial charge is 0.489 e. The minimum absolute atomic E-state index is 0.0439. The third-order valence-electron chi connectivity index (χ3n) is 5.49. The van der Waals surface area contributed by atoms with Crippen LogP contribution < -0.4 is 4.74 Å². The summed E-state index contributed by atoms with van der Waals surface area (Å²) in [6.45, 7) is 0.770. The molecule has 0 aliphatic heterocycles. The predicted molar refractivity (Wildman–Crippen MR) is 116 cm³/mol. The Morgan fingerprint density at radius 1 is 1.38 bits per heavy atom.